The molecule has 1 aliphatic carbocycles. The van der Waals surface area contributed by atoms with Gasteiger partial charge in [-0.1, -0.05) is 27.2 Å². The predicted molar refractivity (Wildman–Crippen MR) is 85.0 cm³/mol. The summed E-state index contributed by atoms with van der Waals surface area (Å²) < 4.78 is 0. The first-order valence-electron chi connectivity index (χ1n) is 8.70. The molecule has 4 heteroatoms. The number of hydrogen-bond acceptors (Lipinski definition) is 3. The minimum atomic E-state index is -0.243. The molecule has 0 bridgehead atoms. The molecule has 0 aromatic rings. The van der Waals surface area contributed by atoms with Crippen molar-refractivity contribution in [1.82, 2.24) is 10.2 Å². The second kappa shape index (κ2) is 7.59. The van der Waals surface area contributed by atoms with E-state index in [4.69, 9.17) is 0 Å². The number of aliphatic hydroxyl groups excluding tert-OH is 1. The Bertz CT molecular complexity index is 342. The van der Waals surface area contributed by atoms with Gasteiger partial charge in [-0.15, -0.1) is 0 Å². The third kappa shape index (κ3) is 4.68. The number of likely N-dealkylation sites (tertiary alicyclic amines) is 1. The highest BCUT2D eigenvalue weighted by atomic mass is 16.3. The molecular formula is C17H32N2O2. The van der Waals surface area contributed by atoms with Crippen LogP contribution in [0.4, 0.5) is 0 Å². The van der Waals surface area contributed by atoms with Crippen molar-refractivity contribution in [3.8, 4) is 0 Å². The summed E-state index contributed by atoms with van der Waals surface area (Å²) in [6.45, 7) is 8.98. The summed E-state index contributed by atoms with van der Waals surface area (Å²) in [5, 5.41) is 13.4. The summed E-state index contributed by atoms with van der Waals surface area (Å²) in [5.41, 5.74) is 0. The molecule has 1 saturated heterocycles. The Morgan fingerprint density at radius 1 is 1.33 bits per heavy atom. The van der Waals surface area contributed by atoms with Gasteiger partial charge in [0.05, 0.1) is 6.10 Å². The number of carbonyl (C=O) groups excluding carboxylic acids is 1. The van der Waals surface area contributed by atoms with Crippen molar-refractivity contribution < 1.29 is 9.90 Å². The number of piperidine rings is 1. The minimum absolute atomic E-state index is 0.0292. The van der Waals surface area contributed by atoms with E-state index in [0.717, 1.165) is 38.4 Å². The van der Waals surface area contributed by atoms with Crippen LogP contribution in [0.3, 0.4) is 0 Å². The van der Waals surface area contributed by atoms with Crippen LogP contribution >= 0.6 is 0 Å². The molecule has 0 aromatic carbocycles. The fourth-order valence-electron chi connectivity index (χ4n) is 3.51. The van der Waals surface area contributed by atoms with E-state index in [9.17, 15) is 9.90 Å². The Morgan fingerprint density at radius 2 is 2.05 bits per heavy atom. The van der Waals surface area contributed by atoms with Crippen LogP contribution in [-0.2, 0) is 4.79 Å². The van der Waals surface area contributed by atoms with Gasteiger partial charge in [-0.3, -0.25) is 4.79 Å². The van der Waals surface area contributed by atoms with Gasteiger partial charge in [0.1, 0.15) is 0 Å². The van der Waals surface area contributed by atoms with Gasteiger partial charge >= 0.3 is 0 Å². The quantitative estimate of drug-likeness (QED) is 0.788. The number of aliphatic hydroxyl groups is 1. The van der Waals surface area contributed by atoms with Crippen molar-refractivity contribution in [2.24, 2.45) is 17.8 Å². The molecule has 21 heavy (non-hydrogen) atoms. The third-order valence-corrected chi connectivity index (χ3v) is 5.13. The maximum Gasteiger partial charge on any atom is 0.222 e. The Balaban J connectivity index is 1.93. The summed E-state index contributed by atoms with van der Waals surface area (Å²) in [7, 11) is 0. The summed E-state index contributed by atoms with van der Waals surface area (Å²) in [5.74, 6) is 1.29. The first-order chi connectivity index (χ1) is 9.99. The van der Waals surface area contributed by atoms with Gasteiger partial charge in [-0.2, -0.15) is 0 Å². The van der Waals surface area contributed by atoms with Gasteiger partial charge in [0.2, 0.25) is 5.91 Å². The van der Waals surface area contributed by atoms with Gasteiger partial charge < -0.3 is 15.3 Å². The van der Waals surface area contributed by atoms with Gasteiger partial charge in [-0.05, 0) is 37.5 Å². The summed E-state index contributed by atoms with van der Waals surface area (Å²) in [4.78, 5) is 14.4. The van der Waals surface area contributed by atoms with E-state index < -0.39 is 0 Å². The summed E-state index contributed by atoms with van der Waals surface area (Å²) in [6.07, 6.45) is 5.53. The first-order valence-corrected chi connectivity index (χ1v) is 8.70. The lowest BCUT2D eigenvalue weighted by atomic mass is 9.83. The van der Waals surface area contributed by atoms with Crippen LogP contribution in [0.15, 0.2) is 0 Å². The number of nitrogens with one attached hydrogen (secondary N) is 1. The van der Waals surface area contributed by atoms with Crippen LogP contribution in [0.1, 0.15) is 52.9 Å². The molecule has 2 fully saturated rings. The van der Waals surface area contributed by atoms with Gasteiger partial charge in [0.15, 0.2) is 0 Å². The smallest absolute Gasteiger partial charge is 0.222 e. The topological polar surface area (TPSA) is 52.6 Å². The largest absolute Gasteiger partial charge is 0.393 e. The molecule has 2 aliphatic rings. The molecular weight excluding hydrogens is 264 g/mol. The van der Waals surface area contributed by atoms with Crippen LogP contribution in [0.5, 0.6) is 0 Å². The van der Waals surface area contributed by atoms with E-state index >= 15 is 0 Å². The fraction of sp³-hybridized carbons (Fsp3) is 0.941. The molecule has 122 valence electrons. The van der Waals surface area contributed by atoms with E-state index in [1.165, 1.54) is 19.3 Å². The first kappa shape index (κ1) is 16.8. The van der Waals surface area contributed by atoms with E-state index in [2.05, 4.69) is 10.2 Å². The Kier molecular flexibility index (Phi) is 6.06. The number of rotatable bonds is 6. The van der Waals surface area contributed by atoms with Crippen molar-refractivity contribution in [3.05, 3.63) is 0 Å². The Hall–Kier alpha value is -0.610. The highest BCUT2D eigenvalue weighted by molar-refractivity contribution is 5.78. The highest BCUT2D eigenvalue weighted by Gasteiger charge is 2.33. The zero-order valence-corrected chi connectivity index (χ0v) is 13.8. The number of carbonyl (C=O) groups is 1. The Labute approximate surface area is 129 Å². The average molecular weight is 296 g/mol. The van der Waals surface area contributed by atoms with Crippen LogP contribution < -0.4 is 5.32 Å². The Morgan fingerprint density at radius 3 is 2.57 bits per heavy atom. The number of amides is 1. The average Bonchev–Trinajstić information content (AvgIpc) is 2.41. The molecule has 2 rings (SSSR count). The molecule has 1 saturated carbocycles. The van der Waals surface area contributed by atoms with Gasteiger partial charge in [0, 0.05) is 31.6 Å². The van der Waals surface area contributed by atoms with E-state index in [1.807, 2.05) is 20.8 Å². The normalized spacial score (nSPS) is 29.2. The number of hydrogen-bond donors (Lipinski definition) is 2. The maximum absolute atomic E-state index is 12.0. The summed E-state index contributed by atoms with van der Waals surface area (Å²) >= 11 is 0. The second-order valence-corrected chi connectivity index (χ2v) is 7.35. The molecule has 3 unspecified atom stereocenters. The fourth-order valence-corrected chi connectivity index (χ4v) is 3.51. The van der Waals surface area contributed by atoms with Crippen LogP contribution in [-0.4, -0.2) is 47.7 Å². The zero-order valence-electron chi connectivity index (χ0n) is 13.8. The lowest BCUT2D eigenvalue weighted by Gasteiger charge is -2.42. The lowest BCUT2D eigenvalue weighted by Crippen LogP contribution is -2.54. The molecule has 3 atom stereocenters. The third-order valence-electron chi connectivity index (χ3n) is 5.13. The molecule has 0 aromatic heterocycles. The van der Waals surface area contributed by atoms with Crippen molar-refractivity contribution >= 4 is 5.91 Å². The van der Waals surface area contributed by atoms with Crippen LogP contribution in [0.25, 0.3) is 0 Å². The van der Waals surface area contributed by atoms with Gasteiger partial charge in [0.25, 0.3) is 0 Å². The highest BCUT2D eigenvalue weighted by Crippen LogP contribution is 2.30. The maximum atomic E-state index is 12.0. The van der Waals surface area contributed by atoms with E-state index in [0.29, 0.717) is 5.92 Å². The molecule has 2 N–H and O–H groups in total. The predicted octanol–water partition coefficient (Wildman–Crippen LogP) is 2.02. The molecule has 1 heterocycles. The number of nitrogens with zero attached hydrogens (tertiary/aromatic N) is 1. The molecule has 4 nitrogen and oxygen atoms in total. The van der Waals surface area contributed by atoms with Crippen molar-refractivity contribution in [2.75, 3.05) is 19.6 Å². The van der Waals surface area contributed by atoms with Crippen molar-refractivity contribution in [2.45, 2.75) is 65.0 Å². The minimum Gasteiger partial charge on any atom is -0.393 e. The van der Waals surface area contributed by atoms with Crippen LogP contribution in [0, 0.1) is 17.8 Å². The van der Waals surface area contributed by atoms with Gasteiger partial charge in [-0.25, -0.2) is 0 Å². The van der Waals surface area contributed by atoms with Crippen molar-refractivity contribution in [1.29, 1.82) is 0 Å². The molecule has 0 radical (unpaired) electrons. The SMILES string of the molecule is CCC(O)C1CC(NC(=O)C(C)C)CN(CC2CCC2)C1. The lowest BCUT2D eigenvalue weighted by molar-refractivity contribution is -0.125. The second-order valence-electron chi connectivity index (χ2n) is 7.35. The zero-order chi connectivity index (χ0) is 15.4. The van der Waals surface area contributed by atoms with E-state index in [1.54, 1.807) is 0 Å². The molecule has 0 spiro atoms. The summed E-state index contributed by atoms with van der Waals surface area (Å²) in [6, 6.07) is 0.194. The standard InChI is InChI=1S/C17H32N2O2/c1-4-16(20)14-8-15(18-17(21)12(2)3)11-19(10-14)9-13-6-5-7-13/h12-16,20H,4-11H2,1-3H3,(H,18,21). The molecule has 1 amide bonds. The monoisotopic (exact) mass is 296 g/mol. The van der Waals surface area contributed by atoms with E-state index in [-0.39, 0.29) is 24.0 Å². The molecule has 1 aliphatic heterocycles. The van der Waals surface area contributed by atoms with Crippen molar-refractivity contribution in [3.63, 3.8) is 0 Å². The van der Waals surface area contributed by atoms with Crippen LogP contribution in [0.2, 0.25) is 0 Å².